The normalized spacial score (nSPS) is 21.7. The van der Waals surface area contributed by atoms with E-state index in [-0.39, 0.29) is 175 Å². The summed E-state index contributed by atoms with van der Waals surface area (Å²) in [6.45, 7) is 11.6. The molecule has 0 heterocycles. The molecule has 6 aliphatic carbocycles. The van der Waals surface area contributed by atoms with Crippen molar-refractivity contribution in [1.82, 2.24) is 0 Å². The Kier molecular flexibility index (Phi) is 41.4. The zero-order valence-electron chi connectivity index (χ0n) is 62.6. The van der Waals surface area contributed by atoms with Crippen LogP contribution in [-0.4, -0.2) is 5.11 Å². The Morgan fingerprint density at radius 2 is 0.553 bits per heavy atom. The molecule has 529 valence electrons. The van der Waals surface area contributed by atoms with E-state index in [1.165, 1.54) is 187 Å². The predicted molar refractivity (Wildman–Crippen MR) is 411 cm³/mol. The molecule has 103 heavy (non-hydrogen) atoms. The second kappa shape index (κ2) is 47.4. The van der Waals surface area contributed by atoms with Crippen molar-refractivity contribution in [3.8, 4) is 61.4 Å². The van der Waals surface area contributed by atoms with Crippen molar-refractivity contribution in [1.29, 1.82) is 0 Å². The van der Waals surface area contributed by atoms with Gasteiger partial charge in [-0.15, -0.1) is 11.1 Å². The summed E-state index contributed by atoms with van der Waals surface area (Å²) >= 11 is 0. The predicted octanol–water partition coefficient (Wildman–Crippen LogP) is 27.9. The molecule has 6 fully saturated rings. The Balaban J connectivity index is 0.000000204. The van der Waals surface area contributed by atoms with Crippen LogP contribution in [0.4, 0.5) is 8.78 Å². The van der Waals surface area contributed by atoms with Crippen LogP contribution < -0.4 is 0 Å². The largest absolute Gasteiger partial charge is 0.508 e. The summed E-state index contributed by atoms with van der Waals surface area (Å²) in [5.41, 5.74) is 16.8. The first-order valence-corrected chi connectivity index (χ1v) is 38.2. The Bertz CT molecular complexity index is 3760. The van der Waals surface area contributed by atoms with E-state index in [0.29, 0.717) is 22.8 Å². The van der Waals surface area contributed by atoms with Crippen molar-refractivity contribution in [2.75, 3.05) is 0 Å². The average Bonchev–Trinajstić information content (AvgIpc) is 0.830. The van der Waals surface area contributed by atoms with E-state index < -0.39 is 0 Å². The second-order valence-corrected chi connectivity index (χ2v) is 30.5. The summed E-state index contributed by atoms with van der Waals surface area (Å²) in [4.78, 5) is 0. The molecular weight excluding hydrogens is 1640 g/mol. The van der Waals surface area contributed by atoms with E-state index in [9.17, 15) is 13.9 Å². The van der Waals surface area contributed by atoms with E-state index in [1.54, 1.807) is 42.0 Å². The maximum Gasteiger partial charge on any atom is 0.129 e. The minimum atomic E-state index is -0.200. The molecule has 0 bridgehead atoms. The minimum Gasteiger partial charge on any atom is -0.508 e. The van der Waals surface area contributed by atoms with Gasteiger partial charge in [0.2, 0.25) is 0 Å². The van der Waals surface area contributed by atoms with Gasteiger partial charge < -0.3 is 17.9 Å². The summed E-state index contributed by atoms with van der Waals surface area (Å²) in [6, 6.07) is 74.9. The number of hydrogen-bond acceptors (Lipinski definition) is 1. The van der Waals surface area contributed by atoms with Crippen molar-refractivity contribution in [3.63, 3.8) is 0 Å². The van der Waals surface area contributed by atoms with Crippen LogP contribution in [-0.2, 0) is 164 Å². The van der Waals surface area contributed by atoms with E-state index in [1.807, 2.05) is 91.9 Å². The first-order valence-electron chi connectivity index (χ1n) is 38.2. The number of halogens is 2. The molecule has 0 unspecified atom stereocenters. The number of phenolic OH excluding ortho intramolecular Hbond substituents is 1. The molecule has 0 spiro atoms. The number of aromatic hydroxyl groups is 1. The Hall–Kier alpha value is -1.84. The van der Waals surface area contributed by atoms with Crippen LogP contribution in [0.5, 0.6) is 5.75 Å². The maximum atomic E-state index is 14.6. The molecule has 0 atom stereocenters. The Morgan fingerprint density at radius 3 is 0.883 bits per heavy atom. The zero-order chi connectivity index (χ0) is 68.0. The van der Waals surface area contributed by atoms with Gasteiger partial charge in [0.15, 0.2) is 0 Å². The molecule has 15 rings (SSSR count). The third-order valence-corrected chi connectivity index (χ3v) is 23.3. The number of benzene rings is 9. The van der Waals surface area contributed by atoms with Crippen molar-refractivity contribution in [3.05, 3.63) is 271 Å². The van der Waals surface area contributed by atoms with E-state index in [2.05, 4.69) is 138 Å². The van der Waals surface area contributed by atoms with Crippen molar-refractivity contribution >= 4 is 0 Å². The quantitative estimate of drug-likeness (QED) is 0.135. The smallest absolute Gasteiger partial charge is 0.129 e. The van der Waals surface area contributed by atoms with Gasteiger partial charge in [-0.05, 0) is 208 Å². The SMILES string of the molecule is CC1CCC(C2CC[CH-]CC2)CC1.CC1CCC(c2ccc(-c3ccc(-c4cc[c-]cc4)c(F)c3)cc2)CC1.CC1CCC(c2ccc(-c3ccc(C4CC[CH-]CC4)cc3)cc2)CC1.CC1CCC(c2ccc(O)cc2)CC1.Cc1ccc(-c2ccc(-c3cc[c-]cc3)c(F)c2)cc1.[Y].[Y].[Y].[Y].[Y]. The number of aryl methyl sites for hydroxylation is 1. The van der Waals surface area contributed by atoms with E-state index in [4.69, 9.17) is 0 Å². The number of hydrogen-bond donors (Lipinski definition) is 1. The molecule has 9 aromatic rings. The van der Waals surface area contributed by atoms with E-state index >= 15 is 0 Å². The Labute approximate surface area is 747 Å². The fraction of sp³-hybridized carbons (Fsp3) is 0.411. The van der Waals surface area contributed by atoms with Gasteiger partial charge in [-0.1, -0.05) is 244 Å². The molecule has 6 aliphatic rings. The molecule has 0 aromatic heterocycles. The van der Waals surface area contributed by atoms with Crippen LogP contribution in [0, 0.1) is 79.0 Å². The summed E-state index contributed by atoms with van der Waals surface area (Å²) in [7, 11) is 0. The van der Waals surface area contributed by atoms with Crippen molar-refractivity contribution in [2.45, 2.75) is 212 Å². The van der Waals surface area contributed by atoms with Crippen LogP contribution in [0.3, 0.4) is 0 Å². The fourth-order valence-corrected chi connectivity index (χ4v) is 16.5. The van der Waals surface area contributed by atoms with Gasteiger partial charge >= 0.3 is 0 Å². The number of rotatable bonds is 10. The fourth-order valence-electron chi connectivity index (χ4n) is 16.5. The molecule has 0 amide bonds. The molecule has 1 N–H and O–H groups in total. The Morgan fingerprint density at radius 1 is 0.291 bits per heavy atom. The van der Waals surface area contributed by atoms with Crippen LogP contribution in [0.15, 0.2) is 206 Å². The summed E-state index contributed by atoms with van der Waals surface area (Å²) < 4.78 is 28.9. The molecular formula is C95H110F2OY5-4. The molecule has 0 aliphatic heterocycles. The van der Waals surface area contributed by atoms with Gasteiger partial charge in [-0.25, -0.2) is 8.78 Å². The summed E-state index contributed by atoms with van der Waals surface area (Å²) in [5, 5.41) is 9.20. The van der Waals surface area contributed by atoms with Gasteiger partial charge in [0.05, 0.1) is 0 Å². The summed E-state index contributed by atoms with van der Waals surface area (Å²) in [6.07, 6.45) is 38.1. The molecule has 5 radical (unpaired) electrons. The van der Waals surface area contributed by atoms with Gasteiger partial charge in [-0.3, -0.25) is 0 Å². The minimum absolute atomic E-state index is 0. The third kappa shape index (κ3) is 27.8. The maximum absolute atomic E-state index is 14.6. The van der Waals surface area contributed by atoms with Gasteiger partial charge in [-0.2, -0.15) is 86.3 Å². The molecule has 6 saturated carbocycles. The first kappa shape index (κ1) is 90.0. The summed E-state index contributed by atoms with van der Waals surface area (Å²) in [5.74, 6) is 8.89. The molecule has 1 nitrogen and oxygen atoms in total. The van der Waals surface area contributed by atoms with Crippen LogP contribution in [0.25, 0.3) is 55.6 Å². The van der Waals surface area contributed by atoms with Gasteiger partial charge in [0.1, 0.15) is 17.4 Å². The first-order chi connectivity index (χ1) is 47.8. The van der Waals surface area contributed by atoms with Crippen LogP contribution in [0.2, 0.25) is 0 Å². The van der Waals surface area contributed by atoms with Gasteiger partial charge in [0, 0.05) is 164 Å². The van der Waals surface area contributed by atoms with Crippen molar-refractivity contribution in [2.24, 2.45) is 35.5 Å². The molecule has 8 heteroatoms. The zero-order valence-corrected chi connectivity index (χ0v) is 76.8. The number of phenols is 1. The van der Waals surface area contributed by atoms with Gasteiger partial charge in [0.25, 0.3) is 0 Å². The topological polar surface area (TPSA) is 20.2 Å². The monoisotopic (exact) mass is 1750 g/mol. The average molecular weight is 1750 g/mol. The van der Waals surface area contributed by atoms with E-state index in [0.717, 1.165) is 86.6 Å². The molecule has 0 saturated heterocycles. The van der Waals surface area contributed by atoms with Crippen LogP contribution in [0.1, 0.15) is 233 Å². The second-order valence-electron chi connectivity index (χ2n) is 30.5. The third-order valence-electron chi connectivity index (χ3n) is 23.3. The standard InChI is InChI=1S/C25H24F.C25H31.C19H14F.C13H18O.C13H23.5Y/c1-18-7-9-19(10-8-18)20-11-13-21(14-12-20)23-15-16-24(25(26)17-23)22-5-3-2-4-6-22;1-19-7-9-21(10-8-19)23-15-17-25(18-16-23)24-13-11-22(12-14-24)20-5-3-2-4-6-20;1-14-7-9-15(10-8-14)17-11-12-18(19(20)13-17)16-5-3-2-4-6-16;1-10-2-4-11(5-3-10)12-6-8-13(14)9-7-12;1-11-7-9-13(10-8-11)12-5-3-2-4-6-12;;;;;/h3-6,11-19H,7-10H2,1H3;2,11-21H,3-10H2,1H3;3-13H,1H3;6-11,14H,2-5H2,1H3;2,11-13H,3-10H2,1H3;;;;;/q3*-1;;-1;;;;;. The van der Waals surface area contributed by atoms with Crippen LogP contribution >= 0.6 is 0 Å². The molecule has 9 aromatic carbocycles. The van der Waals surface area contributed by atoms with Crippen molar-refractivity contribution < 1.29 is 177 Å².